The number of carbonyl (C=O) groups excluding carboxylic acids is 1. The SMILES string of the molecule is O=Cc1ccc2cn[nH]c2n1.[Am].[Y]. The Morgan fingerprint density at radius 2 is 2.15 bits per heavy atom. The smallest absolute Gasteiger partial charge is 0.168 e. The van der Waals surface area contributed by atoms with Crippen LogP contribution < -0.4 is 0 Å². The number of carbonyl (C=O) groups is 1. The van der Waals surface area contributed by atoms with Crippen molar-refractivity contribution in [1.29, 1.82) is 0 Å². The zero-order valence-corrected chi connectivity index (χ0v) is 12.6. The molecule has 2 radical (unpaired) electrons. The summed E-state index contributed by atoms with van der Waals surface area (Å²) in [5.74, 6) is 0. The van der Waals surface area contributed by atoms with E-state index < -0.39 is 0 Å². The number of aromatic nitrogens is 3. The summed E-state index contributed by atoms with van der Waals surface area (Å²) in [6.45, 7) is 0. The summed E-state index contributed by atoms with van der Waals surface area (Å²) in [6, 6.07) is 3.46. The molecule has 13 heavy (non-hydrogen) atoms. The van der Waals surface area contributed by atoms with E-state index >= 15 is 0 Å². The molecule has 0 aliphatic carbocycles. The second-order valence-corrected chi connectivity index (χ2v) is 2.16. The van der Waals surface area contributed by atoms with Gasteiger partial charge in [0.2, 0.25) is 0 Å². The largest absolute Gasteiger partial charge is 0.296 e. The molecule has 0 aliphatic heterocycles. The number of nitrogens with zero attached hydrogens (tertiary/aromatic N) is 2. The van der Waals surface area contributed by atoms with E-state index in [1.54, 1.807) is 18.3 Å². The molecule has 0 bridgehead atoms. The van der Waals surface area contributed by atoms with E-state index in [-0.39, 0.29) is 47.0 Å². The average molecular weight is 479 g/mol. The number of hydrogen-bond donors (Lipinski definition) is 1. The van der Waals surface area contributed by atoms with Gasteiger partial charge >= 0.3 is 0 Å². The van der Waals surface area contributed by atoms with Gasteiger partial charge in [0.15, 0.2) is 11.9 Å². The van der Waals surface area contributed by atoms with Gasteiger partial charge in [0.1, 0.15) is 5.69 Å². The van der Waals surface area contributed by atoms with Gasteiger partial charge in [-0.1, -0.05) is 0 Å². The van der Waals surface area contributed by atoms with Crippen LogP contribution in [-0.2, 0) is 32.7 Å². The Morgan fingerprint density at radius 3 is 2.85 bits per heavy atom. The molecule has 6 heteroatoms. The van der Waals surface area contributed by atoms with Crippen molar-refractivity contribution in [3.8, 4) is 0 Å². The van der Waals surface area contributed by atoms with Crippen LogP contribution in [0, 0.1) is 14.3 Å². The maximum absolute atomic E-state index is 10.3. The molecule has 0 amide bonds. The Balaban J connectivity index is 0.000000720. The maximum atomic E-state index is 10.3. The number of aldehydes is 1. The van der Waals surface area contributed by atoms with Crippen molar-refractivity contribution >= 4 is 17.3 Å². The van der Waals surface area contributed by atoms with Crippen LogP contribution >= 0.6 is 0 Å². The Kier molecular flexibility index (Phi) is 5.41. The summed E-state index contributed by atoms with van der Waals surface area (Å²) in [6.07, 6.45) is 2.37. The second kappa shape index (κ2) is 5.50. The van der Waals surface area contributed by atoms with Crippen molar-refractivity contribution in [2.24, 2.45) is 0 Å². The Morgan fingerprint density at radius 1 is 1.38 bits per heavy atom. The maximum Gasteiger partial charge on any atom is 0.168 e. The monoisotopic (exact) mass is 477 g/mol. The number of rotatable bonds is 1. The molecular formula is C7H5AmN3OY. The van der Waals surface area contributed by atoms with Crippen LogP contribution in [0.15, 0.2) is 18.3 Å². The first-order chi connectivity index (χ1) is 5.40. The fraction of sp³-hybridized carbons (Fsp3) is 0. The third-order valence-corrected chi connectivity index (χ3v) is 1.44. The fourth-order valence-electron chi connectivity index (χ4n) is 0.907. The van der Waals surface area contributed by atoms with Gasteiger partial charge in [0.25, 0.3) is 0 Å². The first-order valence-corrected chi connectivity index (χ1v) is 3.15. The minimum absolute atomic E-state index is 0. The molecular weight excluding hydrogens is 474 g/mol. The third-order valence-electron chi connectivity index (χ3n) is 1.44. The number of H-pyrrole nitrogens is 1. The van der Waals surface area contributed by atoms with Gasteiger partial charge in [-0.05, 0) is 12.1 Å². The minimum atomic E-state index is 0. The van der Waals surface area contributed by atoms with Crippen molar-refractivity contribution in [1.82, 2.24) is 15.2 Å². The molecule has 0 saturated carbocycles. The molecule has 2 aromatic heterocycles. The second-order valence-electron chi connectivity index (χ2n) is 2.16. The molecule has 1 N–H and O–H groups in total. The van der Waals surface area contributed by atoms with Crippen LogP contribution in [0.4, 0.5) is 0 Å². The van der Waals surface area contributed by atoms with Gasteiger partial charge < -0.3 is 0 Å². The van der Waals surface area contributed by atoms with Crippen LogP contribution in [0.3, 0.4) is 0 Å². The minimum Gasteiger partial charge on any atom is -0.296 e. The van der Waals surface area contributed by atoms with Gasteiger partial charge in [0.05, 0.1) is 6.20 Å². The summed E-state index contributed by atoms with van der Waals surface area (Å²) < 4.78 is 0. The molecule has 0 aliphatic rings. The average Bonchev–Trinajstić information content (AvgIpc) is 2.50. The molecule has 2 heterocycles. The summed E-state index contributed by atoms with van der Waals surface area (Å²) >= 11 is 0. The van der Waals surface area contributed by atoms with Crippen LogP contribution in [0.5, 0.6) is 0 Å². The van der Waals surface area contributed by atoms with Crippen LogP contribution in [-0.4, -0.2) is 21.5 Å². The van der Waals surface area contributed by atoms with Gasteiger partial charge in [-0.15, -0.1) is 0 Å². The van der Waals surface area contributed by atoms with Crippen molar-refractivity contribution in [3.05, 3.63) is 24.0 Å². The molecule has 0 unspecified atom stereocenters. The van der Waals surface area contributed by atoms with Gasteiger partial charge in [-0.2, -0.15) is 5.10 Å². The first kappa shape index (κ1) is 12.8. The third kappa shape index (κ3) is 2.61. The van der Waals surface area contributed by atoms with E-state index in [1.165, 1.54) is 0 Å². The zero-order valence-electron chi connectivity index (χ0n) is 6.57. The Hall–Kier alpha value is -0.216. The normalized spacial score (nSPS) is 8.62. The standard InChI is InChI=1S/C7H5N3O.Am.Y/c11-4-6-2-1-5-3-8-10-7(5)9-6;;/h1-4H,(H,8,9,10);;. The predicted octanol–water partition coefficient (Wildman–Crippen LogP) is 0.768. The summed E-state index contributed by atoms with van der Waals surface area (Å²) in [5, 5.41) is 7.36. The molecule has 2 rings (SSSR count). The molecule has 64 valence electrons. The Labute approximate surface area is 108 Å². The summed E-state index contributed by atoms with van der Waals surface area (Å²) in [5.41, 5.74) is 1.07. The predicted molar refractivity (Wildman–Crippen MR) is 39.3 cm³/mol. The van der Waals surface area contributed by atoms with Gasteiger partial charge in [-0.25, -0.2) is 4.98 Å². The first-order valence-electron chi connectivity index (χ1n) is 3.15. The van der Waals surface area contributed by atoms with Crippen LogP contribution in [0.1, 0.15) is 10.5 Å². The van der Waals surface area contributed by atoms with E-state index in [9.17, 15) is 4.79 Å². The van der Waals surface area contributed by atoms with E-state index in [0.29, 0.717) is 17.6 Å². The van der Waals surface area contributed by atoms with Crippen molar-refractivity contribution in [3.63, 3.8) is 0 Å². The van der Waals surface area contributed by atoms with Crippen LogP contribution in [0.25, 0.3) is 11.0 Å². The van der Waals surface area contributed by atoms with E-state index in [2.05, 4.69) is 15.2 Å². The molecule has 0 spiro atoms. The summed E-state index contributed by atoms with van der Waals surface area (Å²) in [4.78, 5) is 14.2. The van der Waals surface area contributed by atoms with E-state index in [0.717, 1.165) is 5.39 Å². The topological polar surface area (TPSA) is 58.6 Å². The van der Waals surface area contributed by atoms with Gasteiger partial charge in [-0.3, -0.25) is 9.89 Å². The number of hydrogen-bond acceptors (Lipinski definition) is 3. The molecule has 2 aromatic rings. The number of fused-ring (bicyclic) bond motifs is 1. The van der Waals surface area contributed by atoms with E-state index in [4.69, 9.17) is 0 Å². The van der Waals surface area contributed by atoms with Gasteiger partial charge in [0, 0.05) is 52.4 Å². The van der Waals surface area contributed by atoms with Crippen molar-refractivity contribution in [2.45, 2.75) is 0 Å². The molecule has 0 atom stereocenters. The quantitative estimate of drug-likeness (QED) is 0.616. The van der Waals surface area contributed by atoms with Crippen LogP contribution in [0.2, 0.25) is 0 Å². The summed E-state index contributed by atoms with van der Waals surface area (Å²) in [7, 11) is 0. The van der Waals surface area contributed by atoms with E-state index in [1.807, 2.05) is 0 Å². The fourth-order valence-corrected chi connectivity index (χ4v) is 0.907. The number of aromatic amines is 1. The molecule has 0 fully saturated rings. The van der Waals surface area contributed by atoms with Crippen molar-refractivity contribution < 1.29 is 51.8 Å². The zero-order chi connectivity index (χ0) is 7.68. The number of pyridine rings is 1. The Bertz CT molecular complexity index is 403. The molecule has 0 aromatic carbocycles. The van der Waals surface area contributed by atoms with Crippen molar-refractivity contribution in [2.75, 3.05) is 0 Å². The number of nitrogens with one attached hydrogen (secondary N) is 1. The molecule has 0 saturated heterocycles. The molecule has 4 nitrogen and oxygen atoms in total.